The van der Waals surface area contributed by atoms with Gasteiger partial charge in [-0.05, 0) is 60.7 Å². The van der Waals surface area contributed by atoms with Crippen molar-refractivity contribution in [2.24, 2.45) is 0 Å². The van der Waals surface area contributed by atoms with E-state index in [1.54, 1.807) is 0 Å². The first-order valence-electron chi connectivity index (χ1n) is 14.3. The summed E-state index contributed by atoms with van der Waals surface area (Å²) in [5, 5.41) is 8.39. The van der Waals surface area contributed by atoms with Crippen molar-refractivity contribution in [3.63, 3.8) is 0 Å². The van der Waals surface area contributed by atoms with Crippen LogP contribution in [0.25, 0.3) is 0 Å². The molecule has 0 bridgehead atoms. The van der Waals surface area contributed by atoms with Crippen LogP contribution in [-0.2, 0) is 20.4 Å². The molecule has 6 aromatic carbocycles. The Morgan fingerprint density at radius 3 is 0.596 bits per heavy atom. The van der Waals surface area contributed by atoms with Crippen LogP contribution in [0, 0.1) is 19.6 Å². The normalized spacial score (nSPS) is 10.1. The standard InChI is InChI=1S/2C18H15P.C3H3.BF4.Pd/c2*1-4-10-16(11-5-1)19(17-12-6-2-7-13-17)18-14-8-3-9-15-18;1-3-2;2-1(3,4)5;/h2*1-15H;1H,2H2;;/q;;;-1;+2. The molecule has 239 valence electrons. The van der Waals surface area contributed by atoms with Gasteiger partial charge in [0.05, 0.1) is 0 Å². The van der Waals surface area contributed by atoms with Crippen LogP contribution in [-0.4, -0.2) is 7.25 Å². The van der Waals surface area contributed by atoms with E-state index >= 15 is 0 Å². The van der Waals surface area contributed by atoms with Crippen molar-refractivity contribution >= 4 is 54.9 Å². The van der Waals surface area contributed by atoms with Gasteiger partial charge in [-0.25, -0.2) is 0 Å². The maximum absolute atomic E-state index is 9.75. The molecule has 8 heteroatoms. The fourth-order valence-electron chi connectivity index (χ4n) is 4.36. The molecule has 0 saturated heterocycles. The van der Waals surface area contributed by atoms with E-state index in [2.05, 4.69) is 195 Å². The summed E-state index contributed by atoms with van der Waals surface area (Å²) in [5.74, 6) is 0. The molecular formula is C39H33BF4P2Pd+. The third-order valence-electron chi connectivity index (χ3n) is 6.09. The van der Waals surface area contributed by atoms with E-state index in [4.69, 9.17) is 0 Å². The molecule has 0 aliphatic rings. The van der Waals surface area contributed by atoms with Gasteiger partial charge < -0.3 is 17.3 Å². The molecule has 0 aliphatic heterocycles. The Morgan fingerprint density at radius 1 is 0.383 bits per heavy atom. The van der Waals surface area contributed by atoms with Crippen molar-refractivity contribution in [3.8, 4) is 0 Å². The first-order chi connectivity index (χ1) is 22.3. The minimum absolute atomic E-state index is 0. The molecule has 0 heterocycles. The van der Waals surface area contributed by atoms with Crippen molar-refractivity contribution in [3.05, 3.63) is 202 Å². The van der Waals surface area contributed by atoms with Gasteiger partial charge in [0.15, 0.2) is 0 Å². The maximum Gasteiger partial charge on any atom is 2.00 e. The molecule has 6 rings (SSSR count). The number of hydrogen-bond acceptors (Lipinski definition) is 0. The van der Waals surface area contributed by atoms with Crippen LogP contribution in [0.5, 0.6) is 0 Å². The Balaban J connectivity index is 0.000000263. The van der Waals surface area contributed by atoms with Gasteiger partial charge in [-0.3, -0.25) is 0 Å². The Labute approximate surface area is 292 Å². The van der Waals surface area contributed by atoms with Crippen LogP contribution in [0.2, 0.25) is 0 Å². The molecule has 0 N–H and O–H groups in total. The molecule has 0 fully saturated rings. The second-order valence-electron chi connectivity index (χ2n) is 9.38. The summed E-state index contributed by atoms with van der Waals surface area (Å²) in [6.45, 7) is 7.50. The van der Waals surface area contributed by atoms with Gasteiger partial charge in [-0.15, -0.1) is 0 Å². The van der Waals surface area contributed by atoms with Crippen molar-refractivity contribution in [2.45, 2.75) is 0 Å². The SMILES string of the molecule is F[B-](F)(F)F.[CH]=[C][CH2].[Pd+2].c1ccc(P(c2ccccc2)c2ccccc2)cc1.c1ccc(P(c2ccccc2)c2ccccc2)cc1. The maximum atomic E-state index is 9.75. The Kier molecular flexibility index (Phi) is 18.5. The zero-order valence-corrected chi connectivity index (χ0v) is 28.7. The quantitative estimate of drug-likeness (QED) is 0.0906. The summed E-state index contributed by atoms with van der Waals surface area (Å²) < 4.78 is 39.0. The van der Waals surface area contributed by atoms with E-state index < -0.39 is 23.1 Å². The molecule has 0 unspecified atom stereocenters. The summed E-state index contributed by atoms with van der Waals surface area (Å²) in [4.78, 5) is 0. The first kappa shape index (κ1) is 39.5. The van der Waals surface area contributed by atoms with Crippen LogP contribution < -0.4 is 31.8 Å². The van der Waals surface area contributed by atoms with E-state index in [0.29, 0.717) is 0 Å². The summed E-state index contributed by atoms with van der Waals surface area (Å²) in [6, 6.07) is 64.7. The summed E-state index contributed by atoms with van der Waals surface area (Å²) in [6.07, 6.45) is 2.00. The Hall–Kier alpha value is -3.63. The Bertz CT molecular complexity index is 1330. The molecule has 0 spiro atoms. The largest absolute Gasteiger partial charge is 2.00 e. The van der Waals surface area contributed by atoms with Gasteiger partial charge in [0.2, 0.25) is 0 Å². The van der Waals surface area contributed by atoms with Gasteiger partial charge >= 0.3 is 27.7 Å². The summed E-state index contributed by atoms with van der Waals surface area (Å²) >= 11 is 0. The molecule has 3 radical (unpaired) electrons. The van der Waals surface area contributed by atoms with Crippen molar-refractivity contribution in [1.82, 2.24) is 0 Å². The van der Waals surface area contributed by atoms with Crippen LogP contribution in [0.15, 0.2) is 182 Å². The first-order valence-corrected chi connectivity index (χ1v) is 17.0. The molecular weight excluding hydrogens is 724 g/mol. The van der Waals surface area contributed by atoms with Gasteiger partial charge in [0, 0.05) is 0 Å². The average molecular weight is 757 g/mol. The summed E-state index contributed by atoms with van der Waals surface area (Å²) in [5.41, 5.74) is 0. The van der Waals surface area contributed by atoms with Gasteiger partial charge in [-0.2, -0.15) is 0 Å². The molecule has 0 aromatic heterocycles. The van der Waals surface area contributed by atoms with Crippen molar-refractivity contribution < 1.29 is 37.7 Å². The minimum atomic E-state index is -6.00. The third-order valence-corrected chi connectivity index (χ3v) is 11.0. The van der Waals surface area contributed by atoms with E-state index in [-0.39, 0.29) is 20.4 Å². The third kappa shape index (κ3) is 14.8. The number of halogens is 4. The van der Waals surface area contributed by atoms with E-state index in [0.717, 1.165) is 0 Å². The van der Waals surface area contributed by atoms with Gasteiger partial charge in [0.1, 0.15) is 0 Å². The molecule has 0 saturated carbocycles. The van der Waals surface area contributed by atoms with Gasteiger partial charge in [0.25, 0.3) is 0 Å². The van der Waals surface area contributed by atoms with Crippen LogP contribution >= 0.6 is 15.8 Å². The van der Waals surface area contributed by atoms with Crippen LogP contribution in [0.1, 0.15) is 0 Å². The predicted octanol–water partition coefficient (Wildman–Crippen LogP) is 8.80. The molecule has 0 atom stereocenters. The zero-order valence-electron chi connectivity index (χ0n) is 25.4. The molecule has 6 aromatic rings. The predicted molar refractivity (Wildman–Crippen MR) is 193 cm³/mol. The number of allylic oxidation sites excluding steroid dienone is 1. The minimum Gasteiger partial charge on any atom is -0.418 e. The fourth-order valence-corrected chi connectivity index (χ4v) is 8.97. The summed E-state index contributed by atoms with van der Waals surface area (Å²) in [7, 11) is -6.89. The van der Waals surface area contributed by atoms with Gasteiger partial charge in [-0.1, -0.05) is 189 Å². The van der Waals surface area contributed by atoms with Crippen molar-refractivity contribution in [1.29, 1.82) is 0 Å². The number of hydrogen-bond donors (Lipinski definition) is 0. The van der Waals surface area contributed by atoms with Crippen LogP contribution in [0.4, 0.5) is 17.3 Å². The van der Waals surface area contributed by atoms with E-state index in [1.165, 1.54) is 31.8 Å². The second-order valence-corrected chi connectivity index (χ2v) is 13.8. The monoisotopic (exact) mass is 756 g/mol. The average Bonchev–Trinajstić information content (AvgIpc) is 3.08. The molecule has 47 heavy (non-hydrogen) atoms. The van der Waals surface area contributed by atoms with Crippen LogP contribution in [0.3, 0.4) is 0 Å². The smallest absolute Gasteiger partial charge is 0.418 e. The second kappa shape index (κ2) is 22.0. The number of rotatable bonds is 6. The van der Waals surface area contributed by atoms with E-state index in [9.17, 15) is 17.3 Å². The molecule has 0 amide bonds. The topological polar surface area (TPSA) is 0 Å². The fraction of sp³-hybridized carbons (Fsp3) is 0. The van der Waals surface area contributed by atoms with Crippen molar-refractivity contribution in [2.75, 3.05) is 0 Å². The molecule has 0 nitrogen and oxygen atoms in total. The number of benzene rings is 6. The Morgan fingerprint density at radius 2 is 0.489 bits per heavy atom. The van der Waals surface area contributed by atoms with E-state index in [1.807, 2.05) is 6.08 Å². The zero-order chi connectivity index (χ0) is 33.0. The molecule has 0 aliphatic carbocycles.